The van der Waals surface area contributed by atoms with E-state index in [1.54, 1.807) is 30.5 Å². The van der Waals surface area contributed by atoms with Gasteiger partial charge in [-0.25, -0.2) is 4.98 Å². The summed E-state index contributed by atoms with van der Waals surface area (Å²) in [6, 6.07) is 13.3. The number of anilines is 2. The lowest BCUT2D eigenvalue weighted by molar-refractivity contribution is -0.138. The largest absolute Gasteiger partial charge is 0.481 e. The molecule has 1 atom stereocenters. The predicted molar refractivity (Wildman–Crippen MR) is 121 cm³/mol. The van der Waals surface area contributed by atoms with Gasteiger partial charge in [0.2, 0.25) is 5.91 Å². The topological polar surface area (TPSA) is 150 Å². The summed E-state index contributed by atoms with van der Waals surface area (Å²) in [6.07, 6.45) is 1.96. The molecule has 0 fully saturated rings. The molecule has 3 aromatic rings. The normalized spacial score (nSPS) is 11.4. The maximum Gasteiger partial charge on any atom is 0.305 e. The van der Waals surface area contributed by atoms with Crippen LogP contribution in [-0.2, 0) is 14.4 Å². The molecule has 33 heavy (non-hydrogen) atoms. The molecule has 0 aliphatic rings. The number of hydrogen-bond donors (Lipinski definition) is 4. The average molecular weight is 449 g/mol. The second-order valence-electron chi connectivity index (χ2n) is 7.21. The fourth-order valence-electron chi connectivity index (χ4n) is 3.02. The predicted octanol–water partition coefficient (Wildman–Crippen LogP) is 2.04. The summed E-state index contributed by atoms with van der Waals surface area (Å²) in [5.74, 6) is -1.32. The van der Waals surface area contributed by atoms with E-state index in [0.29, 0.717) is 24.1 Å². The fourth-order valence-corrected chi connectivity index (χ4v) is 3.02. The van der Waals surface area contributed by atoms with Crippen LogP contribution < -0.4 is 16.0 Å². The van der Waals surface area contributed by atoms with E-state index >= 15 is 0 Å². The van der Waals surface area contributed by atoms with Crippen LogP contribution in [0.4, 0.5) is 11.5 Å². The first-order valence-corrected chi connectivity index (χ1v) is 10.3. The molecular formula is C23H23N5O5. The van der Waals surface area contributed by atoms with Gasteiger partial charge in [-0.2, -0.15) is 0 Å². The monoisotopic (exact) mass is 449 g/mol. The van der Waals surface area contributed by atoms with Crippen molar-refractivity contribution in [3.63, 3.8) is 0 Å². The quantitative estimate of drug-likeness (QED) is 0.256. The lowest BCUT2D eigenvalue weighted by Gasteiger charge is -2.11. The summed E-state index contributed by atoms with van der Waals surface area (Å²) in [6.45, 7) is 0.254. The summed E-state index contributed by atoms with van der Waals surface area (Å²) in [5, 5.41) is 16.9. The van der Waals surface area contributed by atoms with Crippen molar-refractivity contribution in [2.24, 2.45) is 0 Å². The molecule has 10 heteroatoms. The van der Waals surface area contributed by atoms with Gasteiger partial charge in [-0.1, -0.05) is 12.1 Å². The Morgan fingerprint density at radius 3 is 2.45 bits per heavy atom. The molecule has 0 aliphatic carbocycles. The number of aldehydes is 1. The third kappa shape index (κ3) is 7.10. The second-order valence-corrected chi connectivity index (χ2v) is 7.21. The number of nitrogens with zero attached hydrogens (tertiary/aromatic N) is 2. The highest BCUT2D eigenvalue weighted by Gasteiger charge is 2.14. The van der Waals surface area contributed by atoms with Gasteiger partial charge in [-0.05, 0) is 42.8 Å². The Hall–Kier alpha value is -4.34. The molecule has 10 nitrogen and oxygen atoms in total. The highest BCUT2D eigenvalue weighted by atomic mass is 16.4. The second kappa shape index (κ2) is 11.3. The molecule has 0 spiro atoms. The number of carbonyl (C=O) groups excluding carboxylic acids is 3. The zero-order valence-corrected chi connectivity index (χ0v) is 17.7. The Morgan fingerprint density at radius 1 is 1.03 bits per heavy atom. The van der Waals surface area contributed by atoms with E-state index < -0.39 is 24.3 Å². The number of carbonyl (C=O) groups is 4. The van der Waals surface area contributed by atoms with Crippen LogP contribution in [0.1, 0.15) is 29.6 Å². The number of benzene rings is 2. The van der Waals surface area contributed by atoms with Gasteiger partial charge >= 0.3 is 5.97 Å². The highest BCUT2D eigenvalue weighted by molar-refractivity contribution is 5.94. The summed E-state index contributed by atoms with van der Waals surface area (Å²) in [4.78, 5) is 54.3. The Morgan fingerprint density at radius 2 is 1.76 bits per heavy atom. The van der Waals surface area contributed by atoms with Gasteiger partial charge in [0.15, 0.2) is 0 Å². The highest BCUT2D eigenvalue weighted by Crippen LogP contribution is 2.17. The van der Waals surface area contributed by atoms with E-state index in [4.69, 9.17) is 5.11 Å². The number of rotatable bonds is 11. The molecule has 0 bridgehead atoms. The van der Waals surface area contributed by atoms with Crippen LogP contribution in [0.5, 0.6) is 0 Å². The Kier molecular flexibility index (Phi) is 8.01. The molecule has 0 radical (unpaired) electrons. The van der Waals surface area contributed by atoms with Crippen molar-refractivity contribution >= 4 is 46.6 Å². The van der Waals surface area contributed by atoms with Crippen molar-refractivity contribution in [1.82, 2.24) is 20.6 Å². The van der Waals surface area contributed by atoms with Gasteiger partial charge in [0.05, 0.1) is 29.7 Å². The maximum absolute atomic E-state index is 12.3. The Labute approximate surface area is 189 Å². The van der Waals surface area contributed by atoms with Crippen LogP contribution in [0.3, 0.4) is 0 Å². The molecule has 1 aromatic heterocycles. The molecule has 0 saturated carbocycles. The first-order chi connectivity index (χ1) is 15.9. The smallest absolute Gasteiger partial charge is 0.305 e. The third-order valence-electron chi connectivity index (χ3n) is 4.64. The molecule has 170 valence electrons. The minimum atomic E-state index is -1.17. The van der Waals surface area contributed by atoms with Gasteiger partial charge in [0.25, 0.3) is 5.91 Å². The zero-order valence-electron chi connectivity index (χ0n) is 17.7. The lowest BCUT2D eigenvalue weighted by Crippen LogP contribution is -2.37. The van der Waals surface area contributed by atoms with Crippen molar-refractivity contribution in [3.8, 4) is 0 Å². The SMILES string of the molecule is O=C[C@H](CC(=O)O)NC(=O)CCCNC(=O)c1ccc(Nc2cnc3ccccc3n2)cc1. The summed E-state index contributed by atoms with van der Waals surface area (Å²) in [5.41, 5.74) is 2.78. The van der Waals surface area contributed by atoms with Crippen LogP contribution in [0.15, 0.2) is 54.7 Å². The fraction of sp³-hybridized carbons (Fsp3) is 0.217. The molecular weight excluding hydrogens is 426 g/mol. The average Bonchev–Trinajstić information content (AvgIpc) is 2.81. The minimum Gasteiger partial charge on any atom is -0.481 e. The molecule has 0 saturated heterocycles. The number of para-hydroxylation sites is 2. The number of fused-ring (bicyclic) bond motifs is 1. The number of aliphatic carboxylic acids is 1. The number of amides is 2. The Bertz CT molecular complexity index is 1150. The van der Waals surface area contributed by atoms with Crippen molar-refractivity contribution in [2.75, 3.05) is 11.9 Å². The molecule has 2 aromatic carbocycles. The van der Waals surface area contributed by atoms with Crippen LogP contribution in [0, 0.1) is 0 Å². The third-order valence-corrected chi connectivity index (χ3v) is 4.64. The first kappa shape index (κ1) is 23.3. The van der Waals surface area contributed by atoms with Gasteiger partial charge in [0, 0.05) is 24.2 Å². The van der Waals surface area contributed by atoms with Crippen molar-refractivity contribution in [3.05, 3.63) is 60.3 Å². The van der Waals surface area contributed by atoms with Crippen LogP contribution >= 0.6 is 0 Å². The zero-order chi connectivity index (χ0) is 23.6. The van der Waals surface area contributed by atoms with E-state index in [-0.39, 0.29) is 18.9 Å². The van der Waals surface area contributed by atoms with E-state index in [1.165, 1.54) is 0 Å². The molecule has 3 rings (SSSR count). The lowest BCUT2D eigenvalue weighted by atomic mass is 10.2. The van der Waals surface area contributed by atoms with E-state index in [9.17, 15) is 19.2 Å². The number of carboxylic acid groups (broad SMARTS) is 1. The summed E-state index contributed by atoms with van der Waals surface area (Å²) < 4.78 is 0. The van der Waals surface area contributed by atoms with Crippen LogP contribution in [0.2, 0.25) is 0 Å². The first-order valence-electron chi connectivity index (χ1n) is 10.3. The number of nitrogens with one attached hydrogen (secondary N) is 3. The van der Waals surface area contributed by atoms with Crippen molar-refractivity contribution < 1.29 is 24.3 Å². The van der Waals surface area contributed by atoms with Crippen molar-refractivity contribution in [1.29, 1.82) is 0 Å². The van der Waals surface area contributed by atoms with E-state index in [1.807, 2.05) is 24.3 Å². The maximum atomic E-state index is 12.3. The number of aromatic nitrogens is 2. The van der Waals surface area contributed by atoms with Gasteiger partial charge < -0.3 is 25.9 Å². The van der Waals surface area contributed by atoms with Gasteiger partial charge in [-0.15, -0.1) is 0 Å². The minimum absolute atomic E-state index is 0.0554. The van der Waals surface area contributed by atoms with Gasteiger partial charge in [0.1, 0.15) is 12.1 Å². The standard InChI is InChI=1S/C23H23N5O5/c29-14-17(12-22(31)32)27-21(30)6-3-11-24-23(33)15-7-9-16(10-8-15)26-20-13-25-18-4-1-2-5-19(18)28-20/h1-2,4-5,7-10,13-14,17H,3,6,11-12H2,(H,24,33)(H,26,28)(H,27,30)(H,31,32)/t17-/m0/s1. The molecule has 0 unspecified atom stereocenters. The van der Waals surface area contributed by atoms with Crippen molar-refractivity contribution in [2.45, 2.75) is 25.3 Å². The van der Waals surface area contributed by atoms with Gasteiger partial charge in [-0.3, -0.25) is 19.4 Å². The Balaban J connectivity index is 1.43. The summed E-state index contributed by atoms with van der Waals surface area (Å²) >= 11 is 0. The van der Waals surface area contributed by atoms with Crippen LogP contribution in [-0.4, -0.2) is 51.7 Å². The number of carboxylic acids is 1. The number of hydrogen-bond acceptors (Lipinski definition) is 7. The van der Waals surface area contributed by atoms with E-state index in [0.717, 1.165) is 16.7 Å². The summed E-state index contributed by atoms with van der Waals surface area (Å²) in [7, 11) is 0. The molecule has 2 amide bonds. The van der Waals surface area contributed by atoms with Crippen LogP contribution in [0.25, 0.3) is 11.0 Å². The van der Waals surface area contributed by atoms with E-state index in [2.05, 4.69) is 25.9 Å². The molecule has 1 heterocycles. The molecule has 0 aliphatic heterocycles. The molecule has 4 N–H and O–H groups in total.